The summed E-state index contributed by atoms with van der Waals surface area (Å²) in [6, 6.07) is 7.62. The lowest BCUT2D eigenvalue weighted by Gasteiger charge is -2.16. The minimum Gasteiger partial charge on any atom is -0.399 e. The second-order valence-corrected chi connectivity index (χ2v) is 6.37. The quantitative estimate of drug-likeness (QED) is 0.502. The minimum atomic E-state index is -0.316. The molecule has 1 aliphatic rings. The van der Waals surface area contributed by atoms with Crippen molar-refractivity contribution in [3.63, 3.8) is 0 Å². The molecule has 5 heteroatoms. The van der Waals surface area contributed by atoms with E-state index in [9.17, 15) is 4.79 Å². The van der Waals surface area contributed by atoms with E-state index in [2.05, 4.69) is 5.32 Å². The number of hydrogen-bond acceptors (Lipinski definition) is 4. The standard InChI is InChI=1S/C15H22N2O2S/c16-13-4-2-12(3-5-13)15(6-7-15)14(19)17-8-11-20-10-1-9-18/h2-5,18H,1,6-11,16H2,(H,17,19). The molecule has 1 aromatic rings. The minimum absolute atomic E-state index is 0.130. The summed E-state index contributed by atoms with van der Waals surface area (Å²) in [5.74, 6) is 1.96. The first kappa shape index (κ1) is 15.2. The Morgan fingerprint density at radius 2 is 2.00 bits per heavy atom. The molecule has 110 valence electrons. The summed E-state index contributed by atoms with van der Waals surface area (Å²) in [6.07, 6.45) is 2.65. The summed E-state index contributed by atoms with van der Waals surface area (Å²) in [5, 5.41) is 11.7. The van der Waals surface area contributed by atoms with Crippen molar-refractivity contribution in [3.8, 4) is 0 Å². The van der Waals surface area contributed by atoms with Crippen LogP contribution >= 0.6 is 11.8 Å². The van der Waals surface area contributed by atoms with Crippen LogP contribution in [0.5, 0.6) is 0 Å². The van der Waals surface area contributed by atoms with Gasteiger partial charge in [-0.05, 0) is 42.7 Å². The molecule has 1 amide bonds. The Morgan fingerprint density at radius 1 is 1.30 bits per heavy atom. The summed E-state index contributed by atoms with van der Waals surface area (Å²) in [5.41, 5.74) is 7.16. The fourth-order valence-electron chi connectivity index (χ4n) is 2.25. The zero-order chi connectivity index (χ0) is 14.4. The maximum atomic E-state index is 12.3. The normalized spacial score (nSPS) is 15.8. The van der Waals surface area contributed by atoms with Crippen LogP contribution in [0, 0.1) is 0 Å². The molecule has 0 aliphatic heterocycles. The van der Waals surface area contributed by atoms with E-state index in [1.165, 1.54) is 0 Å². The zero-order valence-electron chi connectivity index (χ0n) is 11.6. The number of aliphatic hydroxyl groups is 1. The van der Waals surface area contributed by atoms with Gasteiger partial charge in [-0.2, -0.15) is 11.8 Å². The largest absolute Gasteiger partial charge is 0.399 e. The number of aliphatic hydroxyl groups excluding tert-OH is 1. The van der Waals surface area contributed by atoms with Crippen molar-refractivity contribution in [1.29, 1.82) is 0 Å². The molecule has 4 N–H and O–H groups in total. The van der Waals surface area contributed by atoms with Gasteiger partial charge in [0.05, 0.1) is 5.41 Å². The van der Waals surface area contributed by atoms with E-state index in [4.69, 9.17) is 10.8 Å². The van der Waals surface area contributed by atoms with E-state index in [-0.39, 0.29) is 17.9 Å². The first-order valence-corrected chi connectivity index (χ1v) is 8.17. The number of benzene rings is 1. The molecule has 0 atom stereocenters. The molecule has 0 saturated heterocycles. The topological polar surface area (TPSA) is 75.4 Å². The molecule has 20 heavy (non-hydrogen) atoms. The molecule has 1 aromatic carbocycles. The van der Waals surface area contributed by atoms with Crippen molar-refractivity contribution >= 4 is 23.4 Å². The Labute approximate surface area is 124 Å². The molecule has 0 radical (unpaired) electrons. The third kappa shape index (κ3) is 3.67. The Bertz CT molecular complexity index is 444. The molecular formula is C15H22N2O2S. The van der Waals surface area contributed by atoms with Crippen LogP contribution in [0.15, 0.2) is 24.3 Å². The predicted molar refractivity (Wildman–Crippen MR) is 83.8 cm³/mol. The number of amides is 1. The summed E-state index contributed by atoms with van der Waals surface area (Å²) in [6.45, 7) is 0.922. The van der Waals surface area contributed by atoms with Crippen molar-refractivity contribution in [2.45, 2.75) is 24.7 Å². The van der Waals surface area contributed by atoms with Crippen LogP contribution in [0.4, 0.5) is 5.69 Å². The van der Waals surface area contributed by atoms with E-state index in [1.54, 1.807) is 11.8 Å². The molecule has 0 aromatic heterocycles. The number of rotatable bonds is 8. The van der Waals surface area contributed by atoms with E-state index in [0.717, 1.165) is 42.0 Å². The third-order valence-corrected chi connectivity index (χ3v) is 4.70. The number of carbonyl (C=O) groups excluding carboxylic acids is 1. The molecule has 1 saturated carbocycles. The van der Waals surface area contributed by atoms with E-state index in [0.29, 0.717) is 6.54 Å². The van der Waals surface area contributed by atoms with Gasteiger partial charge in [-0.15, -0.1) is 0 Å². The van der Waals surface area contributed by atoms with Gasteiger partial charge in [0.1, 0.15) is 0 Å². The van der Waals surface area contributed by atoms with Gasteiger partial charge in [0.15, 0.2) is 0 Å². The smallest absolute Gasteiger partial charge is 0.230 e. The lowest BCUT2D eigenvalue weighted by atomic mass is 9.95. The molecule has 0 heterocycles. The zero-order valence-corrected chi connectivity index (χ0v) is 12.4. The Balaban J connectivity index is 1.78. The van der Waals surface area contributed by atoms with Gasteiger partial charge in [-0.25, -0.2) is 0 Å². The van der Waals surface area contributed by atoms with Gasteiger partial charge in [0, 0.05) is 24.6 Å². The van der Waals surface area contributed by atoms with Crippen LogP contribution in [0.25, 0.3) is 0 Å². The summed E-state index contributed by atoms with van der Waals surface area (Å²) < 4.78 is 0. The maximum Gasteiger partial charge on any atom is 0.230 e. The van der Waals surface area contributed by atoms with Crippen LogP contribution in [0.1, 0.15) is 24.8 Å². The molecule has 0 unspecified atom stereocenters. The van der Waals surface area contributed by atoms with E-state index >= 15 is 0 Å². The Morgan fingerprint density at radius 3 is 2.60 bits per heavy atom. The van der Waals surface area contributed by atoms with Crippen molar-refractivity contribution in [2.75, 3.05) is 30.4 Å². The molecule has 1 aliphatic carbocycles. The van der Waals surface area contributed by atoms with Gasteiger partial charge in [-0.1, -0.05) is 12.1 Å². The number of hydrogen-bond donors (Lipinski definition) is 3. The fourth-order valence-corrected chi connectivity index (χ4v) is 3.03. The van der Waals surface area contributed by atoms with Crippen LogP contribution < -0.4 is 11.1 Å². The third-order valence-electron chi connectivity index (χ3n) is 3.63. The van der Waals surface area contributed by atoms with Gasteiger partial charge < -0.3 is 16.2 Å². The lowest BCUT2D eigenvalue weighted by molar-refractivity contribution is -0.123. The maximum absolute atomic E-state index is 12.3. The molecule has 1 fully saturated rings. The highest BCUT2D eigenvalue weighted by Crippen LogP contribution is 2.48. The number of thioether (sulfide) groups is 1. The van der Waals surface area contributed by atoms with Gasteiger partial charge in [0.2, 0.25) is 5.91 Å². The number of anilines is 1. The van der Waals surface area contributed by atoms with Gasteiger partial charge in [-0.3, -0.25) is 4.79 Å². The first-order valence-electron chi connectivity index (χ1n) is 7.02. The van der Waals surface area contributed by atoms with Crippen LogP contribution in [0.2, 0.25) is 0 Å². The van der Waals surface area contributed by atoms with E-state index in [1.807, 2.05) is 24.3 Å². The van der Waals surface area contributed by atoms with E-state index < -0.39 is 0 Å². The van der Waals surface area contributed by atoms with Crippen molar-refractivity contribution in [3.05, 3.63) is 29.8 Å². The van der Waals surface area contributed by atoms with Crippen LogP contribution in [-0.4, -0.2) is 35.7 Å². The SMILES string of the molecule is Nc1ccc(C2(C(=O)NCCSCCCO)CC2)cc1. The Kier molecular flexibility index (Phi) is 5.31. The highest BCUT2D eigenvalue weighted by Gasteiger charge is 2.50. The lowest BCUT2D eigenvalue weighted by Crippen LogP contribution is -2.36. The molecular weight excluding hydrogens is 272 g/mol. The van der Waals surface area contributed by atoms with Crippen molar-refractivity contribution in [2.24, 2.45) is 0 Å². The van der Waals surface area contributed by atoms with Gasteiger partial charge in [0.25, 0.3) is 0 Å². The number of nitrogen functional groups attached to an aromatic ring is 1. The highest BCUT2D eigenvalue weighted by molar-refractivity contribution is 7.99. The predicted octanol–water partition coefficient (Wildman–Crippen LogP) is 1.53. The second-order valence-electron chi connectivity index (χ2n) is 5.15. The second kappa shape index (κ2) is 6.99. The Hall–Kier alpha value is -1.20. The molecule has 4 nitrogen and oxygen atoms in total. The molecule has 2 rings (SSSR count). The average molecular weight is 294 g/mol. The summed E-state index contributed by atoms with van der Waals surface area (Å²) in [7, 11) is 0. The average Bonchev–Trinajstić information content (AvgIpc) is 3.25. The van der Waals surface area contributed by atoms with Crippen molar-refractivity contribution in [1.82, 2.24) is 5.32 Å². The first-order chi connectivity index (χ1) is 9.69. The van der Waals surface area contributed by atoms with Gasteiger partial charge >= 0.3 is 0 Å². The highest BCUT2D eigenvalue weighted by atomic mass is 32.2. The fraction of sp³-hybridized carbons (Fsp3) is 0.533. The number of nitrogens with two attached hydrogens (primary N) is 1. The number of carbonyl (C=O) groups is 1. The summed E-state index contributed by atoms with van der Waals surface area (Å²) >= 11 is 1.76. The number of nitrogens with one attached hydrogen (secondary N) is 1. The summed E-state index contributed by atoms with van der Waals surface area (Å²) in [4.78, 5) is 12.3. The molecule has 0 bridgehead atoms. The monoisotopic (exact) mass is 294 g/mol. The van der Waals surface area contributed by atoms with Crippen molar-refractivity contribution < 1.29 is 9.90 Å². The van der Waals surface area contributed by atoms with Crippen LogP contribution in [-0.2, 0) is 10.2 Å². The van der Waals surface area contributed by atoms with Crippen LogP contribution in [0.3, 0.4) is 0 Å². The molecule has 0 spiro atoms.